The van der Waals surface area contributed by atoms with Crippen LogP contribution in [0.25, 0.3) is 0 Å². The predicted octanol–water partition coefficient (Wildman–Crippen LogP) is 3.64. The SMILES string of the molecule is CN(Cc1ccc(Cl)cc1Cl)CN1C(=O)NC2(CCCCC2)C1=O. The van der Waals surface area contributed by atoms with Gasteiger partial charge in [-0.05, 0) is 37.6 Å². The molecule has 1 spiro atoms. The van der Waals surface area contributed by atoms with Crippen molar-refractivity contribution in [2.24, 2.45) is 0 Å². The normalized spacial score (nSPS) is 20.1. The molecule has 1 N–H and O–H groups in total. The highest BCUT2D eigenvalue weighted by Gasteiger charge is 2.51. The fourth-order valence-electron chi connectivity index (χ4n) is 3.53. The highest BCUT2D eigenvalue weighted by molar-refractivity contribution is 6.35. The number of amides is 3. The van der Waals surface area contributed by atoms with Crippen LogP contribution in [0.3, 0.4) is 0 Å². The van der Waals surface area contributed by atoms with Gasteiger partial charge in [0.15, 0.2) is 0 Å². The monoisotopic (exact) mass is 369 g/mol. The van der Waals surface area contributed by atoms with Crippen LogP contribution in [0.15, 0.2) is 18.2 Å². The fraction of sp³-hybridized carbons (Fsp3) is 0.529. The zero-order chi connectivity index (χ0) is 17.3. The summed E-state index contributed by atoms with van der Waals surface area (Å²) in [5, 5.41) is 4.09. The molecule has 7 heteroatoms. The maximum Gasteiger partial charge on any atom is 0.326 e. The molecule has 2 fully saturated rings. The molecule has 1 aliphatic carbocycles. The van der Waals surface area contributed by atoms with Gasteiger partial charge in [0, 0.05) is 16.6 Å². The van der Waals surface area contributed by atoms with Gasteiger partial charge in [0.05, 0.1) is 6.67 Å². The Bertz CT molecular complexity index is 659. The maximum atomic E-state index is 12.8. The van der Waals surface area contributed by atoms with E-state index in [0.717, 1.165) is 37.7 Å². The van der Waals surface area contributed by atoms with Crippen molar-refractivity contribution < 1.29 is 9.59 Å². The Morgan fingerprint density at radius 2 is 1.92 bits per heavy atom. The number of hydrogen-bond acceptors (Lipinski definition) is 3. The molecule has 0 bridgehead atoms. The molecular formula is C17H21Cl2N3O2. The second-order valence-corrected chi connectivity index (χ2v) is 7.54. The first kappa shape index (κ1) is 17.5. The highest BCUT2D eigenvalue weighted by Crippen LogP contribution is 2.33. The van der Waals surface area contributed by atoms with Crippen LogP contribution in [-0.2, 0) is 11.3 Å². The van der Waals surface area contributed by atoms with Crippen LogP contribution in [0, 0.1) is 0 Å². The quantitative estimate of drug-likeness (QED) is 0.824. The van der Waals surface area contributed by atoms with E-state index >= 15 is 0 Å². The van der Waals surface area contributed by atoms with Crippen LogP contribution in [-0.4, -0.2) is 41.0 Å². The maximum absolute atomic E-state index is 12.8. The third-order valence-electron chi connectivity index (χ3n) is 4.79. The summed E-state index contributed by atoms with van der Waals surface area (Å²) in [5.74, 6) is -0.0961. The molecule has 1 aliphatic heterocycles. The molecule has 0 radical (unpaired) electrons. The van der Waals surface area contributed by atoms with Gasteiger partial charge in [-0.3, -0.25) is 9.69 Å². The van der Waals surface area contributed by atoms with Crippen LogP contribution >= 0.6 is 23.2 Å². The molecule has 0 atom stereocenters. The lowest BCUT2D eigenvalue weighted by Crippen LogP contribution is -2.48. The largest absolute Gasteiger partial charge is 0.326 e. The topological polar surface area (TPSA) is 52.6 Å². The summed E-state index contributed by atoms with van der Waals surface area (Å²) >= 11 is 12.1. The molecule has 1 heterocycles. The minimum absolute atomic E-state index is 0.0961. The number of nitrogens with one attached hydrogen (secondary N) is 1. The van der Waals surface area contributed by atoms with Gasteiger partial charge in [-0.1, -0.05) is 48.5 Å². The van der Waals surface area contributed by atoms with Crippen molar-refractivity contribution in [2.75, 3.05) is 13.7 Å². The predicted molar refractivity (Wildman–Crippen MR) is 94.0 cm³/mol. The molecule has 0 unspecified atom stereocenters. The first-order chi connectivity index (χ1) is 11.4. The Balaban J connectivity index is 1.66. The fourth-order valence-corrected chi connectivity index (χ4v) is 4.00. The van der Waals surface area contributed by atoms with E-state index in [2.05, 4.69) is 5.32 Å². The Morgan fingerprint density at radius 3 is 2.58 bits per heavy atom. The number of carbonyl (C=O) groups excluding carboxylic acids is 2. The van der Waals surface area contributed by atoms with E-state index in [1.165, 1.54) is 4.90 Å². The zero-order valence-corrected chi connectivity index (χ0v) is 15.2. The summed E-state index contributed by atoms with van der Waals surface area (Å²) < 4.78 is 0. The van der Waals surface area contributed by atoms with Crippen LogP contribution in [0.1, 0.15) is 37.7 Å². The van der Waals surface area contributed by atoms with Gasteiger partial charge in [-0.2, -0.15) is 0 Å². The number of carbonyl (C=O) groups is 2. The molecule has 1 saturated carbocycles. The van der Waals surface area contributed by atoms with Gasteiger partial charge < -0.3 is 5.32 Å². The summed E-state index contributed by atoms with van der Waals surface area (Å²) in [6, 6.07) is 5.03. The minimum atomic E-state index is -0.673. The second-order valence-electron chi connectivity index (χ2n) is 6.70. The molecule has 3 amide bonds. The molecule has 24 heavy (non-hydrogen) atoms. The van der Waals surface area contributed by atoms with Crippen LogP contribution < -0.4 is 5.32 Å². The summed E-state index contributed by atoms with van der Waals surface area (Å²) in [6.07, 6.45) is 4.56. The number of benzene rings is 1. The standard InChI is InChI=1S/C17H21Cl2N3O2/c1-21(10-12-5-6-13(18)9-14(12)19)11-22-15(23)17(20-16(22)24)7-3-2-4-8-17/h5-6,9H,2-4,7-8,10-11H2,1H3,(H,20,24). The molecule has 3 rings (SSSR count). The van der Waals surface area contributed by atoms with E-state index < -0.39 is 5.54 Å². The van der Waals surface area contributed by atoms with Crippen molar-refractivity contribution in [2.45, 2.75) is 44.2 Å². The van der Waals surface area contributed by atoms with Crippen LogP contribution in [0.2, 0.25) is 10.0 Å². The van der Waals surface area contributed by atoms with Crippen molar-refractivity contribution in [1.29, 1.82) is 0 Å². The second kappa shape index (κ2) is 6.90. The zero-order valence-electron chi connectivity index (χ0n) is 13.6. The Morgan fingerprint density at radius 1 is 1.21 bits per heavy atom. The summed E-state index contributed by atoms with van der Waals surface area (Å²) in [7, 11) is 1.86. The average Bonchev–Trinajstić information content (AvgIpc) is 2.75. The van der Waals surface area contributed by atoms with Crippen molar-refractivity contribution in [1.82, 2.24) is 15.1 Å². The number of halogens is 2. The van der Waals surface area contributed by atoms with Gasteiger partial charge in [-0.25, -0.2) is 9.69 Å². The Kier molecular flexibility index (Phi) is 5.04. The van der Waals surface area contributed by atoms with Crippen molar-refractivity contribution >= 4 is 35.1 Å². The van der Waals surface area contributed by atoms with Crippen molar-refractivity contribution in [3.63, 3.8) is 0 Å². The average molecular weight is 370 g/mol. The first-order valence-corrected chi connectivity index (χ1v) is 8.93. The first-order valence-electron chi connectivity index (χ1n) is 8.18. The number of nitrogens with zero attached hydrogens (tertiary/aromatic N) is 2. The van der Waals surface area contributed by atoms with Gasteiger partial charge in [-0.15, -0.1) is 0 Å². The van der Waals surface area contributed by atoms with E-state index in [0.29, 0.717) is 16.6 Å². The van der Waals surface area contributed by atoms with E-state index in [4.69, 9.17) is 23.2 Å². The van der Waals surface area contributed by atoms with Gasteiger partial charge in [0.1, 0.15) is 5.54 Å². The Labute approximate surface area is 151 Å². The molecule has 5 nitrogen and oxygen atoms in total. The molecule has 1 aromatic carbocycles. The smallest absolute Gasteiger partial charge is 0.323 e. The summed E-state index contributed by atoms with van der Waals surface area (Å²) in [5.41, 5.74) is 0.233. The molecule has 1 saturated heterocycles. The highest BCUT2D eigenvalue weighted by atomic mass is 35.5. The number of hydrogen-bond donors (Lipinski definition) is 1. The molecule has 1 aromatic rings. The van der Waals surface area contributed by atoms with Crippen molar-refractivity contribution in [3.8, 4) is 0 Å². The molecule has 2 aliphatic rings. The third kappa shape index (κ3) is 3.39. The van der Waals surface area contributed by atoms with Crippen molar-refractivity contribution in [3.05, 3.63) is 33.8 Å². The Hall–Kier alpha value is -1.30. The molecule has 0 aromatic heterocycles. The number of rotatable bonds is 4. The van der Waals surface area contributed by atoms with Gasteiger partial charge >= 0.3 is 6.03 Å². The lowest BCUT2D eigenvalue weighted by Gasteiger charge is -2.31. The number of imide groups is 1. The summed E-state index contributed by atoms with van der Waals surface area (Å²) in [6.45, 7) is 0.769. The van der Waals surface area contributed by atoms with Gasteiger partial charge in [0.25, 0.3) is 5.91 Å². The third-order valence-corrected chi connectivity index (χ3v) is 5.38. The lowest BCUT2D eigenvalue weighted by atomic mass is 9.82. The lowest BCUT2D eigenvalue weighted by molar-refractivity contribution is -0.133. The number of urea groups is 1. The van der Waals surface area contributed by atoms with E-state index in [1.54, 1.807) is 12.1 Å². The minimum Gasteiger partial charge on any atom is -0.323 e. The van der Waals surface area contributed by atoms with Crippen LogP contribution in [0.4, 0.5) is 4.79 Å². The van der Waals surface area contributed by atoms with E-state index in [9.17, 15) is 9.59 Å². The van der Waals surface area contributed by atoms with Crippen LogP contribution in [0.5, 0.6) is 0 Å². The summed E-state index contributed by atoms with van der Waals surface area (Å²) in [4.78, 5) is 28.3. The van der Waals surface area contributed by atoms with E-state index in [-0.39, 0.29) is 18.6 Å². The van der Waals surface area contributed by atoms with Gasteiger partial charge in [0.2, 0.25) is 0 Å². The molecule has 130 valence electrons. The van der Waals surface area contributed by atoms with E-state index in [1.807, 2.05) is 18.0 Å². The molecular weight excluding hydrogens is 349 g/mol.